The molecule has 1 heterocycles. The van der Waals surface area contributed by atoms with Gasteiger partial charge in [-0.3, -0.25) is 4.79 Å². The maximum absolute atomic E-state index is 13.7. The lowest BCUT2D eigenvalue weighted by molar-refractivity contribution is 0.0949. The molecule has 6 heteroatoms. The third-order valence-corrected chi connectivity index (χ3v) is 4.70. The van der Waals surface area contributed by atoms with Crippen molar-refractivity contribution in [3.05, 3.63) is 82.4 Å². The summed E-state index contributed by atoms with van der Waals surface area (Å²) in [5.41, 5.74) is 4.75. The van der Waals surface area contributed by atoms with E-state index in [1.807, 2.05) is 26.0 Å². The zero-order valence-electron chi connectivity index (χ0n) is 16.9. The molecule has 0 aliphatic rings. The molecule has 3 rings (SSSR count). The van der Waals surface area contributed by atoms with Crippen LogP contribution in [0.4, 0.5) is 16.0 Å². The van der Waals surface area contributed by atoms with E-state index in [4.69, 9.17) is 0 Å². The van der Waals surface area contributed by atoms with Crippen LogP contribution in [0.1, 0.15) is 39.8 Å². The Balaban J connectivity index is 1.72. The van der Waals surface area contributed by atoms with E-state index in [1.165, 1.54) is 6.07 Å². The number of anilines is 2. The highest BCUT2D eigenvalue weighted by atomic mass is 19.1. The largest absolute Gasteiger partial charge is 0.350 e. The van der Waals surface area contributed by atoms with Gasteiger partial charge in [-0.1, -0.05) is 43.3 Å². The number of hydrogen-bond acceptors (Lipinski definition) is 4. The number of carbonyl (C=O) groups excluding carboxylic acids is 1. The Morgan fingerprint density at radius 2 is 1.79 bits per heavy atom. The number of carbonyl (C=O) groups is 1. The Kier molecular flexibility index (Phi) is 6.54. The number of hydrogen-bond donors (Lipinski definition) is 2. The molecule has 0 radical (unpaired) electrons. The van der Waals surface area contributed by atoms with Crippen molar-refractivity contribution >= 4 is 17.5 Å². The number of para-hydroxylation sites is 1. The van der Waals surface area contributed by atoms with Gasteiger partial charge < -0.3 is 10.6 Å². The molecule has 0 unspecified atom stereocenters. The van der Waals surface area contributed by atoms with Crippen molar-refractivity contribution in [2.75, 3.05) is 11.9 Å². The zero-order chi connectivity index (χ0) is 20.8. The average molecular weight is 392 g/mol. The molecule has 2 aromatic carbocycles. The van der Waals surface area contributed by atoms with Crippen LogP contribution in [0.2, 0.25) is 0 Å². The molecule has 3 aromatic rings. The molecule has 0 saturated carbocycles. The number of amides is 1. The Bertz CT molecular complexity index is 1020. The Labute approximate surface area is 170 Å². The van der Waals surface area contributed by atoms with Crippen molar-refractivity contribution in [3.63, 3.8) is 0 Å². The van der Waals surface area contributed by atoms with Crippen LogP contribution < -0.4 is 10.6 Å². The number of benzene rings is 2. The van der Waals surface area contributed by atoms with Gasteiger partial charge in [-0.05, 0) is 55.5 Å². The zero-order valence-corrected chi connectivity index (χ0v) is 16.9. The fraction of sp³-hybridized carbons (Fsp3) is 0.261. The summed E-state index contributed by atoms with van der Waals surface area (Å²) in [6.45, 7) is 6.25. The second-order valence-electron chi connectivity index (χ2n) is 6.90. The fourth-order valence-electron chi connectivity index (χ4n) is 3.16. The van der Waals surface area contributed by atoms with Crippen molar-refractivity contribution in [2.45, 2.75) is 33.6 Å². The van der Waals surface area contributed by atoms with Crippen LogP contribution in [-0.2, 0) is 12.8 Å². The molecule has 1 aromatic heterocycles. The lowest BCUT2D eigenvalue weighted by atomic mass is 10.1. The number of aryl methyl sites for hydroxylation is 3. The van der Waals surface area contributed by atoms with Crippen molar-refractivity contribution in [1.82, 2.24) is 15.3 Å². The van der Waals surface area contributed by atoms with Gasteiger partial charge in [0.15, 0.2) is 0 Å². The third-order valence-electron chi connectivity index (χ3n) is 4.70. The topological polar surface area (TPSA) is 66.9 Å². The molecule has 2 N–H and O–H groups in total. The smallest absolute Gasteiger partial charge is 0.270 e. The van der Waals surface area contributed by atoms with E-state index in [0.717, 1.165) is 23.2 Å². The molecule has 0 atom stereocenters. The summed E-state index contributed by atoms with van der Waals surface area (Å²) in [6.07, 6.45) is 1.29. The molecule has 29 heavy (non-hydrogen) atoms. The summed E-state index contributed by atoms with van der Waals surface area (Å²) >= 11 is 0. The molecule has 5 nitrogen and oxygen atoms in total. The van der Waals surface area contributed by atoms with E-state index >= 15 is 0 Å². The first-order valence-electron chi connectivity index (χ1n) is 9.70. The van der Waals surface area contributed by atoms with Gasteiger partial charge in [-0.15, -0.1) is 0 Å². The maximum Gasteiger partial charge on any atom is 0.270 e. The van der Waals surface area contributed by atoms with Gasteiger partial charge in [0.05, 0.1) is 0 Å². The molecule has 0 spiro atoms. The standard InChI is InChI=1S/C23H25FN4O/c1-4-17-10-7-8-15(2)21(17)28-23-26-16(3)14-20(27-23)22(29)25-13-12-18-9-5-6-11-19(18)24/h5-11,14H,4,12-13H2,1-3H3,(H,25,29)(H,26,27,28). The van der Waals surface area contributed by atoms with Gasteiger partial charge in [0.25, 0.3) is 5.91 Å². The lowest BCUT2D eigenvalue weighted by Gasteiger charge is -2.14. The number of aromatic nitrogens is 2. The highest BCUT2D eigenvalue weighted by Gasteiger charge is 2.13. The van der Waals surface area contributed by atoms with E-state index in [1.54, 1.807) is 24.3 Å². The third kappa shape index (κ3) is 5.16. The van der Waals surface area contributed by atoms with E-state index in [0.29, 0.717) is 30.2 Å². The quantitative estimate of drug-likeness (QED) is 0.621. The first kappa shape index (κ1) is 20.5. The van der Waals surface area contributed by atoms with Crippen molar-refractivity contribution < 1.29 is 9.18 Å². The fourth-order valence-corrected chi connectivity index (χ4v) is 3.16. The SMILES string of the molecule is CCc1cccc(C)c1Nc1nc(C)cc(C(=O)NCCc2ccccc2F)n1. The second kappa shape index (κ2) is 9.28. The maximum atomic E-state index is 13.7. The van der Waals surface area contributed by atoms with E-state index in [9.17, 15) is 9.18 Å². The van der Waals surface area contributed by atoms with Crippen LogP contribution in [0.5, 0.6) is 0 Å². The molecular weight excluding hydrogens is 367 g/mol. The molecule has 0 aliphatic heterocycles. The van der Waals surface area contributed by atoms with Crippen LogP contribution in [0.15, 0.2) is 48.5 Å². The minimum absolute atomic E-state index is 0.268. The van der Waals surface area contributed by atoms with Gasteiger partial charge in [-0.25, -0.2) is 14.4 Å². The van der Waals surface area contributed by atoms with Crippen LogP contribution in [-0.4, -0.2) is 22.4 Å². The molecule has 0 saturated heterocycles. The number of nitrogens with zero attached hydrogens (tertiary/aromatic N) is 2. The first-order valence-corrected chi connectivity index (χ1v) is 9.70. The summed E-state index contributed by atoms with van der Waals surface area (Å²) in [5, 5.41) is 6.07. The van der Waals surface area contributed by atoms with Gasteiger partial charge in [0, 0.05) is 17.9 Å². The number of halogens is 1. The summed E-state index contributed by atoms with van der Waals surface area (Å²) in [6, 6.07) is 14.3. The average Bonchev–Trinajstić information content (AvgIpc) is 2.70. The van der Waals surface area contributed by atoms with Crippen molar-refractivity contribution in [1.29, 1.82) is 0 Å². The monoisotopic (exact) mass is 392 g/mol. The van der Waals surface area contributed by atoms with Gasteiger partial charge >= 0.3 is 0 Å². The summed E-state index contributed by atoms with van der Waals surface area (Å²) in [4.78, 5) is 21.3. The van der Waals surface area contributed by atoms with Crippen molar-refractivity contribution in [2.24, 2.45) is 0 Å². The predicted octanol–water partition coefficient (Wildman–Crippen LogP) is 4.51. The number of rotatable bonds is 7. The molecule has 0 fully saturated rings. The van der Waals surface area contributed by atoms with Gasteiger partial charge in [-0.2, -0.15) is 0 Å². The minimum Gasteiger partial charge on any atom is -0.350 e. The van der Waals surface area contributed by atoms with Crippen LogP contribution in [0.25, 0.3) is 0 Å². The van der Waals surface area contributed by atoms with Crippen LogP contribution in [0, 0.1) is 19.7 Å². The number of nitrogens with one attached hydrogen (secondary N) is 2. The molecular formula is C23H25FN4O. The lowest BCUT2D eigenvalue weighted by Crippen LogP contribution is -2.27. The van der Waals surface area contributed by atoms with Gasteiger partial charge in [0.1, 0.15) is 11.5 Å². The Morgan fingerprint density at radius 1 is 1.03 bits per heavy atom. The Morgan fingerprint density at radius 3 is 2.55 bits per heavy atom. The van der Waals surface area contributed by atoms with Crippen LogP contribution >= 0.6 is 0 Å². The summed E-state index contributed by atoms with van der Waals surface area (Å²) in [7, 11) is 0. The Hall–Kier alpha value is -3.28. The second-order valence-corrected chi connectivity index (χ2v) is 6.90. The molecule has 0 aliphatic carbocycles. The predicted molar refractivity (Wildman–Crippen MR) is 113 cm³/mol. The highest BCUT2D eigenvalue weighted by Crippen LogP contribution is 2.24. The minimum atomic E-state index is -0.310. The van der Waals surface area contributed by atoms with E-state index < -0.39 is 0 Å². The van der Waals surface area contributed by atoms with E-state index in [-0.39, 0.29) is 17.4 Å². The van der Waals surface area contributed by atoms with Gasteiger partial charge in [0.2, 0.25) is 5.95 Å². The molecule has 150 valence electrons. The molecule has 1 amide bonds. The van der Waals surface area contributed by atoms with E-state index in [2.05, 4.69) is 33.6 Å². The summed E-state index contributed by atoms with van der Waals surface area (Å²) < 4.78 is 13.7. The van der Waals surface area contributed by atoms with Crippen molar-refractivity contribution in [3.8, 4) is 0 Å². The molecule has 0 bridgehead atoms. The first-order chi connectivity index (χ1) is 14.0. The van der Waals surface area contributed by atoms with Crippen LogP contribution in [0.3, 0.4) is 0 Å². The normalized spacial score (nSPS) is 10.6. The summed E-state index contributed by atoms with van der Waals surface area (Å²) in [5.74, 6) is -0.195. The highest BCUT2D eigenvalue weighted by molar-refractivity contribution is 5.92.